The Kier molecular flexibility index (Phi) is 12.2. The molecular weight excluding hydrogens is 454 g/mol. The first-order valence-electron chi connectivity index (χ1n) is 11.9. The van der Waals surface area contributed by atoms with Crippen LogP contribution in [0.25, 0.3) is 0 Å². The van der Waals surface area contributed by atoms with Crippen molar-refractivity contribution in [2.45, 2.75) is 78.1 Å². The second-order valence-electron chi connectivity index (χ2n) is 9.04. The summed E-state index contributed by atoms with van der Waals surface area (Å²) >= 11 is 0. The SMILES string of the molecule is CCOC(=O)CCNC(=O)C(c1ccccc1)N(C(=O)C(CO)NC(=O)OC(C)(C)C)C(C)CC. The fourth-order valence-electron chi connectivity index (χ4n) is 3.30. The second-order valence-corrected chi connectivity index (χ2v) is 9.04. The standard InChI is InChI=1S/C25H39N3O7/c1-7-17(3)28(23(32)19(16-29)27-24(33)35-25(4,5)6)21(18-12-10-9-11-13-18)22(31)26-15-14-20(30)34-8-2/h9-13,17,19,21,29H,7-8,14-16H2,1-6H3,(H,26,31)(H,27,33). The molecule has 1 aromatic rings. The molecule has 0 fully saturated rings. The monoisotopic (exact) mass is 493 g/mol. The molecule has 1 aromatic carbocycles. The van der Waals surface area contributed by atoms with Crippen LogP contribution in [-0.4, -0.2) is 71.3 Å². The van der Waals surface area contributed by atoms with Crippen LogP contribution < -0.4 is 10.6 Å². The molecule has 0 aliphatic carbocycles. The molecule has 3 atom stereocenters. The predicted molar refractivity (Wildman–Crippen MR) is 130 cm³/mol. The summed E-state index contributed by atoms with van der Waals surface area (Å²) in [7, 11) is 0. The molecule has 3 amide bonds. The molecule has 0 saturated carbocycles. The Morgan fingerprint density at radius 1 is 1.09 bits per heavy atom. The van der Waals surface area contributed by atoms with Crippen LogP contribution in [0.5, 0.6) is 0 Å². The number of esters is 1. The van der Waals surface area contributed by atoms with Gasteiger partial charge in [0.05, 0.1) is 19.6 Å². The van der Waals surface area contributed by atoms with Crippen molar-refractivity contribution in [3.63, 3.8) is 0 Å². The third kappa shape index (κ3) is 9.94. The number of hydrogen-bond acceptors (Lipinski definition) is 7. The summed E-state index contributed by atoms with van der Waals surface area (Å²) in [6.07, 6.45) is -0.364. The first-order chi connectivity index (χ1) is 16.4. The molecule has 0 spiro atoms. The smallest absolute Gasteiger partial charge is 0.408 e. The zero-order valence-corrected chi connectivity index (χ0v) is 21.5. The third-order valence-corrected chi connectivity index (χ3v) is 5.07. The van der Waals surface area contributed by atoms with Crippen molar-refractivity contribution >= 4 is 23.9 Å². The van der Waals surface area contributed by atoms with Crippen molar-refractivity contribution in [3.05, 3.63) is 35.9 Å². The molecule has 1 rings (SSSR count). The van der Waals surface area contributed by atoms with Crippen molar-refractivity contribution in [1.82, 2.24) is 15.5 Å². The van der Waals surface area contributed by atoms with Crippen LogP contribution in [-0.2, 0) is 23.9 Å². The maximum absolute atomic E-state index is 13.6. The number of aliphatic hydroxyl groups is 1. The van der Waals surface area contributed by atoms with Crippen LogP contribution in [0.2, 0.25) is 0 Å². The number of rotatable bonds is 12. The molecule has 35 heavy (non-hydrogen) atoms. The van der Waals surface area contributed by atoms with Crippen LogP contribution in [0.3, 0.4) is 0 Å². The van der Waals surface area contributed by atoms with Gasteiger partial charge in [0.15, 0.2) is 0 Å². The summed E-state index contributed by atoms with van der Waals surface area (Å²) < 4.78 is 10.1. The second kappa shape index (κ2) is 14.3. The van der Waals surface area contributed by atoms with Crippen LogP contribution in [0.1, 0.15) is 66.0 Å². The summed E-state index contributed by atoms with van der Waals surface area (Å²) in [6.45, 7) is 9.96. The van der Waals surface area contributed by atoms with E-state index in [4.69, 9.17) is 9.47 Å². The van der Waals surface area contributed by atoms with Gasteiger partial charge in [-0.3, -0.25) is 14.4 Å². The number of ether oxygens (including phenoxy) is 2. The maximum Gasteiger partial charge on any atom is 0.408 e. The van der Waals surface area contributed by atoms with E-state index in [1.54, 1.807) is 65.0 Å². The zero-order valence-electron chi connectivity index (χ0n) is 21.5. The van der Waals surface area contributed by atoms with Gasteiger partial charge in [-0.25, -0.2) is 4.79 Å². The minimum Gasteiger partial charge on any atom is -0.466 e. The van der Waals surface area contributed by atoms with Crippen LogP contribution >= 0.6 is 0 Å². The minimum absolute atomic E-state index is 0.0160. The van der Waals surface area contributed by atoms with E-state index in [2.05, 4.69) is 10.6 Å². The molecule has 0 radical (unpaired) electrons. The average molecular weight is 494 g/mol. The highest BCUT2D eigenvalue weighted by molar-refractivity contribution is 5.92. The zero-order chi connectivity index (χ0) is 26.6. The van der Waals surface area contributed by atoms with E-state index in [1.807, 2.05) is 6.92 Å². The molecule has 0 aliphatic rings. The summed E-state index contributed by atoms with van der Waals surface area (Å²) in [5.74, 6) is -1.58. The van der Waals surface area contributed by atoms with Crippen molar-refractivity contribution in [1.29, 1.82) is 0 Å². The molecule has 0 heterocycles. The van der Waals surface area contributed by atoms with E-state index in [9.17, 15) is 24.3 Å². The molecule has 196 valence electrons. The van der Waals surface area contributed by atoms with Crippen molar-refractivity contribution in [3.8, 4) is 0 Å². The lowest BCUT2D eigenvalue weighted by atomic mass is 10.00. The highest BCUT2D eigenvalue weighted by atomic mass is 16.6. The molecule has 3 N–H and O–H groups in total. The summed E-state index contributed by atoms with van der Waals surface area (Å²) in [5.41, 5.74) is -0.252. The van der Waals surface area contributed by atoms with E-state index in [0.717, 1.165) is 0 Å². The van der Waals surface area contributed by atoms with Gasteiger partial charge in [-0.2, -0.15) is 0 Å². The van der Waals surface area contributed by atoms with Gasteiger partial charge < -0.3 is 30.1 Å². The minimum atomic E-state index is -1.32. The summed E-state index contributed by atoms with van der Waals surface area (Å²) in [6, 6.07) is 5.91. The predicted octanol–water partition coefficient (Wildman–Crippen LogP) is 2.31. The van der Waals surface area contributed by atoms with Crippen molar-refractivity contribution in [2.75, 3.05) is 19.8 Å². The van der Waals surface area contributed by atoms with Gasteiger partial charge in [0.2, 0.25) is 11.8 Å². The summed E-state index contributed by atoms with van der Waals surface area (Å²) in [5, 5.41) is 15.0. The van der Waals surface area contributed by atoms with E-state index >= 15 is 0 Å². The molecule has 0 bridgehead atoms. The number of alkyl carbamates (subject to hydrolysis) is 1. The molecule has 3 unspecified atom stereocenters. The Labute approximate surface area is 207 Å². The number of aliphatic hydroxyl groups excluding tert-OH is 1. The Morgan fingerprint density at radius 3 is 2.23 bits per heavy atom. The van der Waals surface area contributed by atoms with Crippen LogP contribution in [0.15, 0.2) is 30.3 Å². The van der Waals surface area contributed by atoms with Gasteiger partial charge in [0.25, 0.3) is 0 Å². The van der Waals surface area contributed by atoms with Crippen molar-refractivity contribution < 1.29 is 33.8 Å². The lowest BCUT2D eigenvalue weighted by Crippen LogP contribution is -2.56. The van der Waals surface area contributed by atoms with E-state index in [-0.39, 0.29) is 19.6 Å². The molecule has 0 aromatic heterocycles. The molecule has 10 heteroatoms. The quantitative estimate of drug-likeness (QED) is 0.380. The summed E-state index contributed by atoms with van der Waals surface area (Å²) in [4.78, 5) is 52.3. The fraction of sp³-hybridized carbons (Fsp3) is 0.600. The number of nitrogens with zero attached hydrogens (tertiary/aromatic N) is 1. The van der Waals surface area contributed by atoms with Crippen LogP contribution in [0.4, 0.5) is 4.79 Å². The number of carbonyl (C=O) groups is 4. The third-order valence-electron chi connectivity index (χ3n) is 5.07. The van der Waals surface area contributed by atoms with Gasteiger partial charge in [-0.05, 0) is 46.6 Å². The fourth-order valence-corrected chi connectivity index (χ4v) is 3.30. The Hall–Kier alpha value is -3.14. The normalized spacial score (nSPS) is 13.7. The number of hydrogen-bond donors (Lipinski definition) is 3. The van der Waals surface area contributed by atoms with Gasteiger partial charge in [-0.15, -0.1) is 0 Å². The van der Waals surface area contributed by atoms with Gasteiger partial charge in [0.1, 0.15) is 17.7 Å². The van der Waals surface area contributed by atoms with E-state index in [0.29, 0.717) is 12.0 Å². The maximum atomic E-state index is 13.6. The molecule has 0 saturated heterocycles. The van der Waals surface area contributed by atoms with Gasteiger partial charge in [0, 0.05) is 12.6 Å². The van der Waals surface area contributed by atoms with Gasteiger partial charge in [-0.1, -0.05) is 37.3 Å². The molecular formula is C25H39N3O7. The Morgan fingerprint density at radius 2 is 1.71 bits per heavy atom. The highest BCUT2D eigenvalue weighted by Gasteiger charge is 2.38. The van der Waals surface area contributed by atoms with Crippen molar-refractivity contribution in [2.24, 2.45) is 0 Å². The first kappa shape index (κ1) is 29.9. The highest BCUT2D eigenvalue weighted by Crippen LogP contribution is 2.26. The first-order valence-corrected chi connectivity index (χ1v) is 11.9. The van der Waals surface area contributed by atoms with E-state index < -0.39 is 54.2 Å². The van der Waals surface area contributed by atoms with E-state index in [1.165, 1.54) is 4.90 Å². The van der Waals surface area contributed by atoms with Gasteiger partial charge >= 0.3 is 12.1 Å². The number of amides is 3. The topological polar surface area (TPSA) is 134 Å². The number of nitrogens with one attached hydrogen (secondary N) is 2. The largest absolute Gasteiger partial charge is 0.466 e. The number of carbonyl (C=O) groups excluding carboxylic acids is 4. The lowest BCUT2D eigenvalue weighted by molar-refractivity contribution is -0.146. The van der Waals surface area contributed by atoms with Crippen LogP contribution in [0, 0.1) is 0 Å². The Bertz CT molecular complexity index is 839. The molecule has 0 aliphatic heterocycles. The Balaban J connectivity index is 3.26. The molecule has 10 nitrogen and oxygen atoms in total. The lowest BCUT2D eigenvalue weighted by Gasteiger charge is -2.38. The number of benzene rings is 1. The average Bonchev–Trinajstić information content (AvgIpc) is 2.79.